The zero-order valence-electron chi connectivity index (χ0n) is 8.31. The minimum atomic E-state index is 0.273. The monoisotopic (exact) mass is 190 g/mol. The molecule has 3 nitrogen and oxygen atoms in total. The SMILES string of the molecule is CC1CC(=O)N(Cc2ccncc2)C1. The minimum absolute atomic E-state index is 0.273. The van der Waals surface area contributed by atoms with E-state index in [1.807, 2.05) is 17.0 Å². The van der Waals surface area contributed by atoms with Crippen LogP contribution in [0.2, 0.25) is 0 Å². The molecule has 0 bridgehead atoms. The van der Waals surface area contributed by atoms with Crippen molar-refractivity contribution in [3.8, 4) is 0 Å². The van der Waals surface area contributed by atoms with Crippen molar-refractivity contribution in [3.05, 3.63) is 30.1 Å². The van der Waals surface area contributed by atoms with Crippen molar-refractivity contribution < 1.29 is 4.79 Å². The Kier molecular flexibility index (Phi) is 2.48. The molecule has 1 aromatic heterocycles. The van der Waals surface area contributed by atoms with Gasteiger partial charge in [0.25, 0.3) is 0 Å². The van der Waals surface area contributed by atoms with Crippen LogP contribution in [0, 0.1) is 5.92 Å². The van der Waals surface area contributed by atoms with Crippen LogP contribution in [0.25, 0.3) is 0 Å². The van der Waals surface area contributed by atoms with Gasteiger partial charge in [0.1, 0.15) is 0 Å². The summed E-state index contributed by atoms with van der Waals surface area (Å²) in [5.74, 6) is 0.777. The zero-order valence-corrected chi connectivity index (χ0v) is 8.31. The smallest absolute Gasteiger partial charge is 0.223 e. The highest BCUT2D eigenvalue weighted by molar-refractivity contribution is 5.78. The summed E-state index contributed by atoms with van der Waals surface area (Å²) in [7, 11) is 0. The number of hydrogen-bond acceptors (Lipinski definition) is 2. The quantitative estimate of drug-likeness (QED) is 0.707. The molecule has 3 heteroatoms. The van der Waals surface area contributed by atoms with Crippen molar-refractivity contribution in [2.45, 2.75) is 19.9 Å². The minimum Gasteiger partial charge on any atom is -0.338 e. The summed E-state index contributed by atoms with van der Waals surface area (Å²) in [4.78, 5) is 17.4. The first kappa shape index (κ1) is 9.19. The number of carbonyl (C=O) groups excluding carboxylic acids is 1. The number of carbonyl (C=O) groups is 1. The summed E-state index contributed by atoms with van der Waals surface area (Å²) in [5.41, 5.74) is 1.16. The average molecular weight is 190 g/mol. The molecule has 0 aromatic carbocycles. The van der Waals surface area contributed by atoms with Crippen LogP contribution in [-0.4, -0.2) is 22.3 Å². The Morgan fingerprint density at radius 3 is 2.79 bits per heavy atom. The molecule has 0 N–H and O–H groups in total. The third-order valence-electron chi connectivity index (χ3n) is 2.53. The molecule has 1 aromatic rings. The highest BCUT2D eigenvalue weighted by Crippen LogP contribution is 2.18. The predicted molar refractivity (Wildman–Crippen MR) is 53.4 cm³/mol. The van der Waals surface area contributed by atoms with Crippen LogP contribution in [0.4, 0.5) is 0 Å². The van der Waals surface area contributed by atoms with E-state index in [-0.39, 0.29) is 5.91 Å². The Bertz CT molecular complexity index is 323. The lowest BCUT2D eigenvalue weighted by Crippen LogP contribution is -2.24. The Labute approximate surface area is 83.8 Å². The van der Waals surface area contributed by atoms with E-state index in [2.05, 4.69) is 11.9 Å². The van der Waals surface area contributed by atoms with Gasteiger partial charge in [-0.2, -0.15) is 0 Å². The van der Waals surface area contributed by atoms with Crippen molar-refractivity contribution in [3.63, 3.8) is 0 Å². The van der Waals surface area contributed by atoms with Crippen molar-refractivity contribution in [1.29, 1.82) is 0 Å². The van der Waals surface area contributed by atoms with Crippen LogP contribution in [0.1, 0.15) is 18.9 Å². The Hall–Kier alpha value is -1.38. The van der Waals surface area contributed by atoms with Gasteiger partial charge in [-0.05, 0) is 23.6 Å². The first-order chi connectivity index (χ1) is 6.75. The van der Waals surface area contributed by atoms with E-state index >= 15 is 0 Å². The van der Waals surface area contributed by atoms with E-state index in [1.165, 1.54) is 0 Å². The van der Waals surface area contributed by atoms with Crippen LogP contribution in [0.15, 0.2) is 24.5 Å². The second kappa shape index (κ2) is 3.78. The summed E-state index contributed by atoms with van der Waals surface area (Å²) < 4.78 is 0. The lowest BCUT2D eigenvalue weighted by molar-refractivity contribution is -0.128. The summed E-state index contributed by atoms with van der Waals surface area (Å²) in [5, 5.41) is 0. The molecule has 1 unspecified atom stereocenters. The molecule has 1 saturated heterocycles. The van der Waals surface area contributed by atoms with E-state index < -0.39 is 0 Å². The van der Waals surface area contributed by atoms with Gasteiger partial charge in [-0.25, -0.2) is 0 Å². The van der Waals surface area contributed by atoms with Crippen LogP contribution < -0.4 is 0 Å². The number of amides is 1. The molecule has 2 rings (SSSR count). The van der Waals surface area contributed by atoms with Gasteiger partial charge >= 0.3 is 0 Å². The van der Waals surface area contributed by atoms with E-state index in [1.54, 1.807) is 12.4 Å². The van der Waals surface area contributed by atoms with Crippen molar-refractivity contribution >= 4 is 5.91 Å². The maximum Gasteiger partial charge on any atom is 0.223 e. The second-order valence-corrected chi connectivity index (χ2v) is 3.94. The van der Waals surface area contributed by atoms with Crippen LogP contribution in [0.3, 0.4) is 0 Å². The highest BCUT2D eigenvalue weighted by atomic mass is 16.2. The molecule has 1 aliphatic heterocycles. The van der Waals surface area contributed by atoms with Gasteiger partial charge in [-0.15, -0.1) is 0 Å². The lowest BCUT2D eigenvalue weighted by Gasteiger charge is -2.15. The Morgan fingerprint density at radius 2 is 2.21 bits per heavy atom. The number of likely N-dealkylation sites (tertiary alicyclic amines) is 1. The van der Waals surface area contributed by atoms with Gasteiger partial charge in [-0.3, -0.25) is 9.78 Å². The molecule has 2 heterocycles. The van der Waals surface area contributed by atoms with Gasteiger partial charge in [0, 0.05) is 31.9 Å². The molecule has 1 aliphatic rings. The van der Waals surface area contributed by atoms with Gasteiger partial charge < -0.3 is 4.90 Å². The lowest BCUT2D eigenvalue weighted by atomic mass is 10.2. The number of pyridine rings is 1. The number of hydrogen-bond donors (Lipinski definition) is 0. The van der Waals surface area contributed by atoms with E-state index in [4.69, 9.17) is 0 Å². The van der Waals surface area contributed by atoms with Gasteiger partial charge in [0.05, 0.1) is 0 Å². The molecule has 1 fully saturated rings. The first-order valence-corrected chi connectivity index (χ1v) is 4.92. The fourth-order valence-electron chi connectivity index (χ4n) is 1.83. The van der Waals surface area contributed by atoms with E-state index in [9.17, 15) is 4.79 Å². The number of rotatable bonds is 2. The largest absolute Gasteiger partial charge is 0.338 e. The Balaban J connectivity index is 2.02. The van der Waals surface area contributed by atoms with Crippen molar-refractivity contribution in [1.82, 2.24) is 9.88 Å². The van der Waals surface area contributed by atoms with Gasteiger partial charge in [-0.1, -0.05) is 6.92 Å². The molecule has 1 amide bonds. The maximum absolute atomic E-state index is 11.5. The molecular weight excluding hydrogens is 176 g/mol. The summed E-state index contributed by atoms with van der Waals surface area (Å²) >= 11 is 0. The third-order valence-corrected chi connectivity index (χ3v) is 2.53. The molecule has 14 heavy (non-hydrogen) atoms. The maximum atomic E-state index is 11.5. The molecular formula is C11H14N2O. The standard InChI is InChI=1S/C11H14N2O/c1-9-6-11(14)13(7-9)8-10-2-4-12-5-3-10/h2-5,9H,6-8H2,1H3. The third kappa shape index (κ3) is 1.92. The Morgan fingerprint density at radius 1 is 1.50 bits per heavy atom. The average Bonchev–Trinajstić information content (AvgIpc) is 2.47. The summed E-state index contributed by atoms with van der Waals surface area (Å²) in [6.45, 7) is 3.73. The molecule has 1 atom stereocenters. The molecule has 74 valence electrons. The molecule has 0 aliphatic carbocycles. The number of nitrogens with zero attached hydrogens (tertiary/aromatic N) is 2. The van der Waals surface area contributed by atoms with Gasteiger partial charge in [0.15, 0.2) is 0 Å². The zero-order chi connectivity index (χ0) is 9.97. The van der Waals surface area contributed by atoms with Crippen molar-refractivity contribution in [2.75, 3.05) is 6.54 Å². The van der Waals surface area contributed by atoms with Crippen LogP contribution in [-0.2, 0) is 11.3 Å². The normalized spacial score (nSPS) is 21.6. The molecule has 0 radical (unpaired) electrons. The fraction of sp³-hybridized carbons (Fsp3) is 0.455. The van der Waals surface area contributed by atoms with Crippen LogP contribution in [0.5, 0.6) is 0 Å². The van der Waals surface area contributed by atoms with Crippen molar-refractivity contribution in [2.24, 2.45) is 5.92 Å². The summed E-state index contributed by atoms with van der Waals surface area (Å²) in [6, 6.07) is 3.91. The summed E-state index contributed by atoms with van der Waals surface area (Å²) in [6.07, 6.45) is 4.23. The van der Waals surface area contributed by atoms with E-state index in [0.717, 1.165) is 18.7 Å². The predicted octanol–water partition coefficient (Wildman–Crippen LogP) is 1.45. The topological polar surface area (TPSA) is 33.2 Å². The van der Waals surface area contributed by atoms with Crippen LogP contribution >= 0.6 is 0 Å². The first-order valence-electron chi connectivity index (χ1n) is 4.92. The van der Waals surface area contributed by atoms with Gasteiger partial charge in [0.2, 0.25) is 5.91 Å². The molecule has 0 saturated carbocycles. The highest BCUT2D eigenvalue weighted by Gasteiger charge is 2.25. The number of aromatic nitrogens is 1. The fourth-order valence-corrected chi connectivity index (χ4v) is 1.83. The van der Waals surface area contributed by atoms with E-state index in [0.29, 0.717) is 12.3 Å². The second-order valence-electron chi connectivity index (χ2n) is 3.94. The molecule has 0 spiro atoms.